The molecule has 3 heterocycles. The van der Waals surface area contributed by atoms with Crippen LogP contribution in [0.15, 0.2) is 120 Å². The van der Waals surface area contributed by atoms with E-state index in [1.165, 1.54) is 66.9 Å². The number of hydrogen-bond donors (Lipinski definition) is 1. The van der Waals surface area contributed by atoms with Crippen molar-refractivity contribution in [3.05, 3.63) is 113 Å². The normalized spacial score (nSPS) is 12.3. The van der Waals surface area contributed by atoms with Crippen LogP contribution in [0.5, 0.6) is 11.5 Å². The number of nitrogen functional groups attached to an aromatic ring is 1. The SMILES string of the molecule is Nc1ncnc2c1nc(Sc1cc3c(cc1I)OCO3)n2CCCCCCCCCC[P+](c1ccccc1)(c1ccccc1)c1ccccc1.[Br-]. The zero-order valence-corrected chi connectivity index (χ0v) is 33.9. The van der Waals surface area contributed by atoms with Gasteiger partial charge in [0.05, 0.1) is 6.16 Å². The molecule has 0 saturated carbocycles. The van der Waals surface area contributed by atoms with Crippen LogP contribution in [0.1, 0.15) is 51.4 Å². The molecule has 7 nitrogen and oxygen atoms in total. The van der Waals surface area contributed by atoms with Crippen molar-refractivity contribution in [1.29, 1.82) is 0 Å². The highest BCUT2D eigenvalue weighted by atomic mass is 127. The van der Waals surface area contributed by atoms with Crippen LogP contribution in [-0.4, -0.2) is 32.5 Å². The minimum atomic E-state index is -1.74. The number of aryl methyl sites for hydroxylation is 1. The molecule has 0 amide bonds. The number of unbranched alkanes of at least 4 members (excludes halogenated alkanes) is 7. The Hall–Kier alpha value is -3.18. The molecule has 6 aromatic rings. The number of hydrogen-bond acceptors (Lipinski definition) is 7. The summed E-state index contributed by atoms with van der Waals surface area (Å²) >= 11 is 3.95. The Labute approximate surface area is 329 Å². The molecule has 0 fully saturated rings. The van der Waals surface area contributed by atoms with Gasteiger partial charge in [0, 0.05) is 15.0 Å². The lowest BCUT2D eigenvalue weighted by Gasteiger charge is -2.27. The summed E-state index contributed by atoms with van der Waals surface area (Å²) in [5, 5.41) is 5.29. The number of nitrogens with zero attached hydrogens (tertiary/aromatic N) is 4. The fourth-order valence-corrected chi connectivity index (χ4v) is 13.0. The molecule has 2 aromatic heterocycles. The molecule has 0 radical (unpaired) electrons. The largest absolute Gasteiger partial charge is 1.00 e. The maximum atomic E-state index is 6.22. The second kappa shape index (κ2) is 18.0. The van der Waals surface area contributed by atoms with E-state index in [1.54, 1.807) is 11.8 Å². The average molecular weight is 895 g/mol. The summed E-state index contributed by atoms with van der Waals surface area (Å²) in [5.74, 6) is 1.95. The molecule has 0 bridgehead atoms. The zero-order chi connectivity index (χ0) is 34.2. The molecular formula is C40H42BrIN5O2PS. The van der Waals surface area contributed by atoms with Crippen LogP contribution < -0.4 is 48.1 Å². The third-order valence-corrected chi connectivity index (χ3v) is 16.2. The van der Waals surface area contributed by atoms with E-state index < -0.39 is 7.26 Å². The molecule has 1 aliphatic rings. The standard InChI is InChI=1S/C40H42IN5O2PS.BrH/c41-33-26-34-35(48-29-47-34)27-36(33)50-40-45-37-38(42)43-28-44-39(37)46(40)24-16-5-3-1-2-4-6-17-25-49(30-18-10-7-11-19-30,31-20-12-8-13-21-31)32-22-14-9-15-23-32;/h7-15,18-23,26-28H,1-6,16-17,24-25,29H2,(H2,42,43,44);1H/q+1;/p-1. The monoisotopic (exact) mass is 893 g/mol. The third-order valence-electron chi connectivity index (χ3n) is 9.37. The summed E-state index contributed by atoms with van der Waals surface area (Å²) in [6, 6.07) is 37.8. The second-order valence-corrected chi connectivity index (χ2v) is 18.4. The van der Waals surface area contributed by atoms with Gasteiger partial charge in [-0.15, -0.1) is 0 Å². The Balaban J connectivity index is 0.00000448. The summed E-state index contributed by atoms with van der Waals surface area (Å²) in [6.07, 6.45) is 12.5. The number of imidazole rings is 1. The Kier molecular flexibility index (Phi) is 13.3. The summed E-state index contributed by atoms with van der Waals surface area (Å²) in [7, 11) is -1.74. The first-order valence-electron chi connectivity index (χ1n) is 17.4. The van der Waals surface area contributed by atoms with Gasteiger partial charge in [-0.1, -0.05) is 98.5 Å². The van der Waals surface area contributed by atoms with Crippen LogP contribution in [0.25, 0.3) is 11.2 Å². The lowest BCUT2D eigenvalue weighted by atomic mass is 10.1. The van der Waals surface area contributed by atoms with Crippen LogP contribution in [0.2, 0.25) is 0 Å². The van der Waals surface area contributed by atoms with E-state index >= 15 is 0 Å². The van der Waals surface area contributed by atoms with Crippen LogP contribution in [-0.2, 0) is 6.54 Å². The third kappa shape index (κ3) is 8.56. The van der Waals surface area contributed by atoms with Crippen molar-refractivity contribution in [3.8, 4) is 11.5 Å². The highest BCUT2D eigenvalue weighted by Crippen LogP contribution is 2.56. The Morgan fingerprint density at radius 2 is 1.24 bits per heavy atom. The number of fused-ring (bicyclic) bond motifs is 2. The van der Waals surface area contributed by atoms with Gasteiger partial charge in [-0.05, 0) is 90.4 Å². The van der Waals surface area contributed by atoms with Gasteiger partial charge in [0.25, 0.3) is 0 Å². The number of nitrogens with two attached hydrogens (primary N) is 1. The van der Waals surface area contributed by atoms with Gasteiger partial charge in [0.2, 0.25) is 6.79 Å². The fourth-order valence-electron chi connectivity index (χ4n) is 6.85. The van der Waals surface area contributed by atoms with Crippen molar-refractivity contribution < 1.29 is 26.5 Å². The van der Waals surface area contributed by atoms with Gasteiger partial charge in [-0.25, -0.2) is 15.0 Å². The molecule has 0 atom stereocenters. The minimum absolute atomic E-state index is 0. The first-order chi connectivity index (χ1) is 24.6. The van der Waals surface area contributed by atoms with E-state index in [2.05, 4.69) is 128 Å². The Morgan fingerprint density at radius 1 is 0.706 bits per heavy atom. The number of ether oxygens (including phenoxy) is 2. The second-order valence-electron chi connectivity index (χ2n) is 12.6. The molecule has 0 unspecified atom stereocenters. The maximum Gasteiger partial charge on any atom is 0.231 e. The van der Waals surface area contributed by atoms with Gasteiger partial charge in [-0.3, -0.25) is 0 Å². The minimum Gasteiger partial charge on any atom is -1.00 e. The van der Waals surface area contributed by atoms with Crippen LogP contribution in [0.4, 0.5) is 5.82 Å². The maximum absolute atomic E-state index is 6.22. The molecule has 1 aliphatic heterocycles. The topological polar surface area (TPSA) is 88.1 Å². The summed E-state index contributed by atoms with van der Waals surface area (Å²) in [6.45, 7) is 1.09. The van der Waals surface area contributed by atoms with Gasteiger partial charge in [0.15, 0.2) is 33.6 Å². The average Bonchev–Trinajstić information content (AvgIpc) is 3.76. The van der Waals surface area contributed by atoms with E-state index in [4.69, 9.17) is 20.2 Å². The zero-order valence-electron chi connectivity index (χ0n) is 28.5. The number of halogens is 2. The van der Waals surface area contributed by atoms with E-state index in [0.29, 0.717) is 11.3 Å². The number of benzene rings is 4. The van der Waals surface area contributed by atoms with E-state index in [9.17, 15) is 0 Å². The van der Waals surface area contributed by atoms with Crippen LogP contribution >= 0.6 is 41.6 Å². The van der Waals surface area contributed by atoms with Crippen LogP contribution in [0, 0.1) is 3.57 Å². The summed E-state index contributed by atoms with van der Waals surface area (Å²) in [4.78, 5) is 14.7. The molecule has 0 aliphatic carbocycles. The van der Waals surface area contributed by atoms with Gasteiger partial charge < -0.3 is 36.8 Å². The number of rotatable bonds is 16. The fraction of sp³-hybridized carbons (Fsp3) is 0.275. The lowest BCUT2D eigenvalue weighted by molar-refractivity contribution is -0.0000114. The molecule has 0 spiro atoms. The van der Waals surface area contributed by atoms with Crippen molar-refractivity contribution in [3.63, 3.8) is 0 Å². The summed E-state index contributed by atoms with van der Waals surface area (Å²) in [5.41, 5.74) is 7.66. The van der Waals surface area contributed by atoms with Crippen molar-refractivity contribution in [2.45, 2.75) is 68.0 Å². The first-order valence-corrected chi connectivity index (χ1v) is 21.3. The van der Waals surface area contributed by atoms with Crippen molar-refractivity contribution >= 4 is 74.5 Å². The van der Waals surface area contributed by atoms with Crippen molar-refractivity contribution in [1.82, 2.24) is 19.5 Å². The van der Waals surface area contributed by atoms with Crippen LogP contribution in [0.3, 0.4) is 0 Å². The van der Waals surface area contributed by atoms with E-state index in [1.807, 2.05) is 12.1 Å². The smallest absolute Gasteiger partial charge is 0.231 e. The summed E-state index contributed by atoms with van der Waals surface area (Å²) < 4.78 is 14.5. The molecular weight excluding hydrogens is 852 g/mol. The molecule has 51 heavy (non-hydrogen) atoms. The van der Waals surface area contributed by atoms with E-state index in [0.717, 1.165) is 50.2 Å². The predicted octanol–water partition coefficient (Wildman–Crippen LogP) is 6.01. The number of aromatic nitrogens is 4. The lowest BCUT2D eigenvalue weighted by Crippen LogP contribution is -3.00. The van der Waals surface area contributed by atoms with Gasteiger partial charge >= 0.3 is 0 Å². The molecule has 0 saturated heterocycles. The highest BCUT2D eigenvalue weighted by molar-refractivity contribution is 14.1. The quantitative estimate of drug-likeness (QED) is 0.0724. The molecule has 7 rings (SSSR count). The molecule has 11 heteroatoms. The Morgan fingerprint density at radius 3 is 1.82 bits per heavy atom. The first kappa shape index (κ1) is 37.6. The van der Waals surface area contributed by atoms with Gasteiger partial charge in [-0.2, -0.15) is 0 Å². The molecule has 264 valence electrons. The van der Waals surface area contributed by atoms with Crippen molar-refractivity contribution in [2.75, 3.05) is 18.7 Å². The molecule has 4 aromatic carbocycles. The Bertz CT molecular complexity index is 1920. The molecule has 2 N–H and O–H groups in total. The predicted molar refractivity (Wildman–Crippen MR) is 216 cm³/mol. The number of anilines is 1. The van der Waals surface area contributed by atoms with E-state index in [-0.39, 0.29) is 23.8 Å². The highest BCUT2D eigenvalue weighted by Gasteiger charge is 2.44. The van der Waals surface area contributed by atoms with Gasteiger partial charge in [0.1, 0.15) is 29.5 Å². The van der Waals surface area contributed by atoms with Crippen molar-refractivity contribution in [2.24, 2.45) is 0 Å².